The molecule has 0 aliphatic rings. The molecule has 2 rings (SSSR count). The van der Waals surface area contributed by atoms with Gasteiger partial charge in [-0.3, -0.25) is 4.79 Å². The van der Waals surface area contributed by atoms with Crippen molar-refractivity contribution in [3.63, 3.8) is 0 Å². The van der Waals surface area contributed by atoms with Crippen LogP contribution in [0.1, 0.15) is 25.5 Å². The molecule has 14 heavy (non-hydrogen) atoms. The first-order valence-electron chi connectivity index (χ1n) is 4.14. The summed E-state index contributed by atoms with van der Waals surface area (Å²) in [5.74, 6) is 0.253. The van der Waals surface area contributed by atoms with Crippen LogP contribution in [0, 0.1) is 0 Å². The number of hydrogen-bond acceptors (Lipinski definition) is 4. The van der Waals surface area contributed by atoms with Gasteiger partial charge in [0.2, 0.25) is 0 Å². The van der Waals surface area contributed by atoms with Gasteiger partial charge in [-0.1, -0.05) is 13.8 Å². The van der Waals surface area contributed by atoms with Gasteiger partial charge in [-0.2, -0.15) is 5.10 Å². The fourth-order valence-electron chi connectivity index (χ4n) is 1.24. The molecule has 74 valence electrons. The number of rotatable bonds is 1. The fraction of sp³-hybridized carbons (Fsp3) is 0.375. The molecular weight excluding hydrogens is 266 g/mol. The largest absolute Gasteiger partial charge is 0.283 e. The van der Waals surface area contributed by atoms with Gasteiger partial charge in [0.15, 0.2) is 3.92 Å². The minimum absolute atomic E-state index is 0.174. The molecule has 6 heteroatoms. The molecule has 4 nitrogen and oxygen atoms in total. The van der Waals surface area contributed by atoms with Crippen LogP contribution in [0.4, 0.5) is 0 Å². The molecule has 2 aromatic heterocycles. The van der Waals surface area contributed by atoms with Crippen molar-refractivity contribution in [1.82, 2.24) is 15.2 Å². The van der Waals surface area contributed by atoms with Crippen molar-refractivity contribution < 1.29 is 0 Å². The van der Waals surface area contributed by atoms with Crippen LogP contribution < -0.4 is 5.56 Å². The molecule has 0 bridgehead atoms. The second kappa shape index (κ2) is 3.43. The standard InChI is InChI=1S/C8H8BrN3OS/c1-3(2)4-5-6(7(13)12-11-4)14-8(9)10-5/h3H,1-2H3,(H,12,13). The summed E-state index contributed by atoms with van der Waals surface area (Å²) in [4.78, 5) is 15.6. The van der Waals surface area contributed by atoms with Gasteiger partial charge in [-0.25, -0.2) is 10.1 Å². The van der Waals surface area contributed by atoms with E-state index in [0.717, 1.165) is 5.69 Å². The number of H-pyrrole nitrogens is 1. The zero-order valence-corrected chi connectivity index (χ0v) is 10.1. The van der Waals surface area contributed by atoms with E-state index in [1.54, 1.807) is 0 Å². The number of aromatic amines is 1. The van der Waals surface area contributed by atoms with Gasteiger partial charge in [-0.05, 0) is 21.8 Å². The van der Waals surface area contributed by atoms with Crippen LogP contribution in [0.25, 0.3) is 10.2 Å². The average molecular weight is 274 g/mol. The molecule has 0 unspecified atom stereocenters. The molecule has 2 aromatic rings. The Labute approximate surface area is 92.5 Å². The first-order chi connectivity index (χ1) is 6.59. The van der Waals surface area contributed by atoms with E-state index in [1.807, 2.05) is 13.8 Å². The second-order valence-electron chi connectivity index (χ2n) is 3.24. The second-order valence-corrected chi connectivity index (χ2v) is 5.51. The van der Waals surface area contributed by atoms with Crippen LogP contribution in [0.2, 0.25) is 0 Å². The summed E-state index contributed by atoms with van der Waals surface area (Å²) in [6, 6.07) is 0. The number of hydrogen-bond donors (Lipinski definition) is 1. The van der Waals surface area contributed by atoms with Gasteiger partial charge in [0.05, 0.1) is 5.69 Å². The highest BCUT2D eigenvalue weighted by Crippen LogP contribution is 2.27. The van der Waals surface area contributed by atoms with Crippen molar-refractivity contribution in [2.75, 3.05) is 0 Å². The summed E-state index contributed by atoms with van der Waals surface area (Å²) in [6.45, 7) is 4.04. The van der Waals surface area contributed by atoms with E-state index in [0.29, 0.717) is 14.1 Å². The van der Waals surface area contributed by atoms with Gasteiger partial charge >= 0.3 is 0 Å². The molecule has 0 amide bonds. The lowest BCUT2D eigenvalue weighted by Crippen LogP contribution is -2.10. The maximum atomic E-state index is 11.4. The van der Waals surface area contributed by atoms with Crippen molar-refractivity contribution in [1.29, 1.82) is 0 Å². The number of fused-ring (bicyclic) bond motifs is 1. The maximum absolute atomic E-state index is 11.4. The lowest BCUT2D eigenvalue weighted by Gasteiger charge is -2.02. The van der Waals surface area contributed by atoms with Gasteiger partial charge in [0, 0.05) is 0 Å². The van der Waals surface area contributed by atoms with Gasteiger partial charge in [0.25, 0.3) is 5.56 Å². The molecule has 0 atom stereocenters. The predicted molar refractivity (Wildman–Crippen MR) is 59.8 cm³/mol. The molecular formula is C8H8BrN3OS. The van der Waals surface area contributed by atoms with Crippen LogP contribution in [0.5, 0.6) is 0 Å². The Kier molecular flexibility index (Phi) is 2.40. The Morgan fingerprint density at radius 2 is 2.21 bits per heavy atom. The SMILES string of the molecule is CC(C)c1n[nH]c(=O)c2sc(Br)nc12. The summed E-state index contributed by atoms with van der Waals surface area (Å²) in [5, 5.41) is 6.49. The zero-order chi connectivity index (χ0) is 10.3. The van der Waals surface area contributed by atoms with E-state index < -0.39 is 0 Å². The molecule has 2 heterocycles. The van der Waals surface area contributed by atoms with E-state index in [4.69, 9.17) is 0 Å². The summed E-state index contributed by atoms with van der Waals surface area (Å²) < 4.78 is 1.35. The van der Waals surface area contributed by atoms with Crippen LogP contribution in [0.15, 0.2) is 8.71 Å². The van der Waals surface area contributed by atoms with Crippen LogP contribution in [-0.2, 0) is 0 Å². The summed E-state index contributed by atoms with van der Waals surface area (Å²) in [5.41, 5.74) is 1.37. The number of aromatic nitrogens is 3. The Hall–Kier alpha value is -0.750. The molecule has 0 fully saturated rings. The Bertz CT molecular complexity index is 531. The van der Waals surface area contributed by atoms with E-state index in [9.17, 15) is 4.79 Å². The zero-order valence-electron chi connectivity index (χ0n) is 7.67. The highest BCUT2D eigenvalue weighted by Gasteiger charge is 2.13. The molecule has 0 saturated heterocycles. The normalized spacial score (nSPS) is 11.4. The van der Waals surface area contributed by atoms with Crippen LogP contribution in [0.3, 0.4) is 0 Å². The van der Waals surface area contributed by atoms with Crippen molar-refractivity contribution in [2.24, 2.45) is 0 Å². The van der Waals surface area contributed by atoms with E-state index in [2.05, 4.69) is 31.1 Å². The molecule has 0 aliphatic carbocycles. The lowest BCUT2D eigenvalue weighted by atomic mass is 10.1. The van der Waals surface area contributed by atoms with Gasteiger partial charge in [-0.15, -0.1) is 11.3 Å². The Balaban J connectivity index is 2.88. The van der Waals surface area contributed by atoms with Gasteiger partial charge in [0.1, 0.15) is 10.2 Å². The highest BCUT2D eigenvalue weighted by molar-refractivity contribution is 9.11. The highest BCUT2D eigenvalue weighted by atomic mass is 79.9. The summed E-state index contributed by atoms with van der Waals surface area (Å²) in [7, 11) is 0. The van der Waals surface area contributed by atoms with Crippen molar-refractivity contribution in [3.8, 4) is 0 Å². The molecule has 0 radical (unpaired) electrons. The molecule has 0 spiro atoms. The molecule has 1 N–H and O–H groups in total. The van der Waals surface area contributed by atoms with E-state index >= 15 is 0 Å². The first kappa shape index (κ1) is 9.79. The molecule has 0 aromatic carbocycles. The van der Waals surface area contributed by atoms with Crippen molar-refractivity contribution in [2.45, 2.75) is 19.8 Å². The first-order valence-corrected chi connectivity index (χ1v) is 5.75. The lowest BCUT2D eigenvalue weighted by molar-refractivity contribution is 0.790. The minimum Gasteiger partial charge on any atom is -0.266 e. The molecule has 0 aliphatic heterocycles. The summed E-state index contributed by atoms with van der Waals surface area (Å²) >= 11 is 4.60. The number of nitrogens with zero attached hydrogens (tertiary/aromatic N) is 2. The Morgan fingerprint density at radius 1 is 1.50 bits per heavy atom. The number of thiazole rings is 1. The third-order valence-corrected chi connectivity index (χ3v) is 3.38. The monoisotopic (exact) mass is 273 g/mol. The Morgan fingerprint density at radius 3 is 2.86 bits per heavy atom. The van der Waals surface area contributed by atoms with Crippen LogP contribution in [-0.4, -0.2) is 15.2 Å². The van der Waals surface area contributed by atoms with E-state index in [-0.39, 0.29) is 11.5 Å². The third-order valence-electron chi connectivity index (χ3n) is 1.87. The smallest absolute Gasteiger partial charge is 0.266 e. The van der Waals surface area contributed by atoms with Crippen molar-refractivity contribution in [3.05, 3.63) is 20.0 Å². The van der Waals surface area contributed by atoms with E-state index in [1.165, 1.54) is 11.3 Å². The van der Waals surface area contributed by atoms with Crippen LogP contribution >= 0.6 is 27.3 Å². The third kappa shape index (κ3) is 1.48. The number of nitrogens with one attached hydrogen (secondary N) is 1. The minimum atomic E-state index is -0.174. The average Bonchev–Trinajstić information content (AvgIpc) is 2.47. The quantitative estimate of drug-likeness (QED) is 0.867. The maximum Gasteiger partial charge on any atom is 0.283 e. The summed E-state index contributed by atoms with van der Waals surface area (Å²) in [6.07, 6.45) is 0. The molecule has 0 saturated carbocycles. The predicted octanol–water partition coefficient (Wildman–Crippen LogP) is 2.27. The fourth-order valence-corrected chi connectivity index (χ4v) is 2.59. The van der Waals surface area contributed by atoms with Crippen molar-refractivity contribution >= 4 is 37.5 Å². The van der Waals surface area contributed by atoms with Gasteiger partial charge < -0.3 is 0 Å². The topological polar surface area (TPSA) is 58.6 Å². The number of halogens is 1.